The van der Waals surface area contributed by atoms with Crippen molar-refractivity contribution in [2.45, 2.75) is 19.4 Å². The van der Waals surface area contributed by atoms with Gasteiger partial charge in [0.25, 0.3) is 0 Å². The molecule has 0 amide bonds. The number of nitrogens with zero attached hydrogens (tertiary/aromatic N) is 1. The maximum Gasteiger partial charge on any atom is 0.0510 e. The Morgan fingerprint density at radius 3 is 2.94 bits per heavy atom. The maximum absolute atomic E-state index is 9.25. The van der Waals surface area contributed by atoms with E-state index in [1.54, 1.807) is 0 Å². The number of piperidine rings is 1. The number of nitrogens with two attached hydrogens (primary N) is 1. The molecule has 1 aliphatic heterocycles. The number of rotatable bonds is 3. The Kier molecular flexibility index (Phi) is 4.42. The fourth-order valence-corrected chi connectivity index (χ4v) is 3.04. The van der Waals surface area contributed by atoms with E-state index in [1.807, 2.05) is 0 Å². The van der Waals surface area contributed by atoms with Gasteiger partial charge in [-0.1, -0.05) is 6.07 Å². The van der Waals surface area contributed by atoms with E-state index in [-0.39, 0.29) is 6.61 Å². The average Bonchev–Trinajstić information content (AvgIpc) is 2.38. The minimum atomic E-state index is 0.287. The number of aliphatic hydroxyl groups is 1. The molecule has 1 fully saturated rings. The Hall–Kier alpha value is -0.580. The van der Waals surface area contributed by atoms with E-state index in [1.165, 1.54) is 5.69 Å². The molecule has 3 N–H and O–H groups in total. The molecule has 3 nitrogen and oxygen atoms in total. The summed E-state index contributed by atoms with van der Waals surface area (Å²) in [6.07, 6.45) is 2.28. The van der Waals surface area contributed by atoms with Crippen LogP contribution in [0.25, 0.3) is 0 Å². The van der Waals surface area contributed by atoms with Gasteiger partial charge in [-0.25, -0.2) is 0 Å². The quantitative estimate of drug-likeness (QED) is 0.899. The molecule has 1 unspecified atom stereocenters. The molecule has 1 aliphatic rings. The highest BCUT2D eigenvalue weighted by molar-refractivity contribution is 9.10. The van der Waals surface area contributed by atoms with Crippen LogP contribution in [0.4, 0.5) is 5.69 Å². The normalized spacial score (nSPS) is 20.6. The number of halogens is 1. The monoisotopic (exact) mass is 298 g/mol. The van der Waals surface area contributed by atoms with E-state index in [4.69, 9.17) is 5.73 Å². The molecule has 4 heteroatoms. The zero-order valence-corrected chi connectivity index (χ0v) is 11.5. The molecule has 1 atom stereocenters. The van der Waals surface area contributed by atoms with Crippen molar-refractivity contribution >= 4 is 21.6 Å². The van der Waals surface area contributed by atoms with Crippen LogP contribution in [0.3, 0.4) is 0 Å². The number of anilines is 1. The maximum atomic E-state index is 9.25. The Balaban J connectivity index is 2.16. The predicted molar refractivity (Wildman–Crippen MR) is 74.1 cm³/mol. The van der Waals surface area contributed by atoms with Crippen molar-refractivity contribution in [3.8, 4) is 0 Å². The van der Waals surface area contributed by atoms with E-state index in [2.05, 4.69) is 39.0 Å². The lowest BCUT2D eigenvalue weighted by molar-refractivity contribution is 0.208. The van der Waals surface area contributed by atoms with Crippen molar-refractivity contribution in [1.29, 1.82) is 0 Å². The van der Waals surface area contributed by atoms with Gasteiger partial charge in [0.1, 0.15) is 0 Å². The molecule has 1 aromatic carbocycles. The molecular weight excluding hydrogens is 280 g/mol. The van der Waals surface area contributed by atoms with Crippen LogP contribution in [-0.4, -0.2) is 24.8 Å². The van der Waals surface area contributed by atoms with Gasteiger partial charge in [0.05, 0.1) is 5.69 Å². The summed E-state index contributed by atoms with van der Waals surface area (Å²) in [5.41, 5.74) is 7.97. The Labute approximate surface area is 111 Å². The van der Waals surface area contributed by atoms with Crippen LogP contribution in [0, 0.1) is 5.92 Å². The molecule has 0 spiro atoms. The number of hydrogen-bond donors (Lipinski definition) is 2. The third-order valence-electron chi connectivity index (χ3n) is 3.37. The van der Waals surface area contributed by atoms with Gasteiger partial charge in [0, 0.05) is 30.7 Å². The minimum absolute atomic E-state index is 0.287. The lowest BCUT2D eigenvalue weighted by atomic mass is 9.98. The van der Waals surface area contributed by atoms with Gasteiger partial charge in [0.15, 0.2) is 0 Å². The SMILES string of the molecule is NCc1ccc(N2CCCC(CO)C2)c(Br)c1. The largest absolute Gasteiger partial charge is 0.396 e. The van der Waals surface area contributed by atoms with Crippen LogP contribution in [0.5, 0.6) is 0 Å². The average molecular weight is 299 g/mol. The summed E-state index contributed by atoms with van der Waals surface area (Å²) < 4.78 is 1.10. The van der Waals surface area contributed by atoms with Crippen molar-refractivity contribution in [2.75, 3.05) is 24.6 Å². The van der Waals surface area contributed by atoms with E-state index in [9.17, 15) is 5.11 Å². The summed E-state index contributed by atoms with van der Waals surface area (Å²) in [7, 11) is 0. The first-order valence-corrected chi connectivity index (χ1v) is 6.88. The fraction of sp³-hybridized carbons (Fsp3) is 0.538. The number of benzene rings is 1. The molecular formula is C13H19BrN2O. The fourth-order valence-electron chi connectivity index (χ4n) is 2.37. The van der Waals surface area contributed by atoms with E-state index in [0.29, 0.717) is 12.5 Å². The topological polar surface area (TPSA) is 49.5 Å². The summed E-state index contributed by atoms with van der Waals surface area (Å²) in [4.78, 5) is 2.34. The van der Waals surface area contributed by atoms with Crippen LogP contribution in [0.1, 0.15) is 18.4 Å². The second kappa shape index (κ2) is 5.85. The molecule has 0 saturated carbocycles. The summed E-state index contributed by atoms with van der Waals surface area (Å²) in [6, 6.07) is 6.27. The molecule has 0 aliphatic carbocycles. The number of hydrogen-bond acceptors (Lipinski definition) is 3. The van der Waals surface area contributed by atoms with Crippen LogP contribution in [0.2, 0.25) is 0 Å². The summed E-state index contributed by atoms with van der Waals surface area (Å²) in [6.45, 7) is 2.86. The molecule has 17 heavy (non-hydrogen) atoms. The van der Waals surface area contributed by atoms with E-state index < -0.39 is 0 Å². The summed E-state index contributed by atoms with van der Waals surface area (Å²) >= 11 is 3.61. The highest BCUT2D eigenvalue weighted by Gasteiger charge is 2.20. The van der Waals surface area contributed by atoms with E-state index in [0.717, 1.165) is 36.0 Å². The van der Waals surface area contributed by atoms with Crippen LogP contribution in [-0.2, 0) is 6.54 Å². The molecule has 1 aromatic rings. The van der Waals surface area contributed by atoms with Gasteiger partial charge in [0.2, 0.25) is 0 Å². The lowest BCUT2D eigenvalue weighted by Gasteiger charge is -2.34. The molecule has 0 aromatic heterocycles. The zero-order chi connectivity index (χ0) is 12.3. The first-order chi connectivity index (χ1) is 8.24. The van der Waals surface area contributed by atoms with Gasteiger partial charge < -0.3 is 15.7 Å². The van der Waals surface area contributed by atoms with Crippen molar-refractivity contribution < 1.29 is 5.11 Å². The van der Waals surface area contributed by atoms with Crippen molar-refractivity contribution in [3.63, 3.8) is 0 Å². The second-order valence-corrected chi connectivity index (χ2v) is 5.48. The predicted octanol–water partition coefficient (Wildman–Crippen LogP) is 2.12. The zero-order valence-electron chi connectivity index (χ0n) is 9.90. The molecule has 0 radical (unpaired) electrons. The summed E-state index contributed by atoms with van der Waals surface area (Å²) in [5.74, 6) is 0.407. The molecule has 0 bridgehead atoms. The Morgan fingerprint density at radius 2 is 2.29 bits per heavy atom. The standard InChI is InChI=1S/C13H19BrN2O/c14-12-6-10(7-15)3-4-13(12)16-5-1-2-11(8-16)9-17/h3-4,6,11,17H,1-2,5,7-9,15H2. The van der Waals surface area contributed by atoms with Gasteiger partial charge in [-0.2, -0.15) is 0 Å². The second-order valence-electron chi connectivity index (χ2n) is 4.63. The molecule has 2 rings (SSSR count). The highest BCUT2D eigenvalue weighted by atomic mass is 79.9. The highest BCUT2D eigenvalue weighted by Crippen LogP contribution is 2.30. The minimum Gasteiger partial charge on any atom is -0.396 e. The Bertz CT molecular complexity index is 384. The van der Waals surface area contributed by atoms with Crippen LogP contribution < -0.4 is 10.6 Å². The smallest absolute Gasteiger partial charge is 0.0510 e. The van der Waals surface area contributed by atoms with Gasteiger partial charge in [-0.3, -0.25) is 0 Å². The van der Waals surface area contributed by atoms with Crippen molar-refractivity contribution in [2.24, 2.45) is 11.7 Å². The van der Waals surface area contributed by atoms with Crippen molar-refractivity contribution in [3.05, 3.63) is 28.2 Å². The first-order valence-electron chi connectivity index (χ1n) is 6.09. The first kappa shape index (κ1) is 12.9. The summed E-state index contributed by atoms with van der Waals surface area (Å²) in [5, 5.41) is 9.25. The van der Waals surface area contributed by atoms with Crippen LogP contribution in [0.15, 0.2) is 22.7 Å². The third-order valence-corrected chi connectivity index (χ3v) is 4.00. The lowest BCUT2D eigenvalue weighted by Crippen LogP contribution is -2.37. The van der Waals surface area contributed by atoms with Crippen LogP contribution >= 0.6 is 15.9 Å². The van der Waals surface area contributed by atoms with E-state index >= 15 is 0 Å². The molecule has 1 saturated heterocycles. The van der Waals surface area contributed by atoms with Gasteiger partial charge >= 0.3 is 0 Å². The molecule has 1 heterocycles. The van der Waals surface area contributed by atoms with Gasteiger partial charge in [-0.05, 0) is 52.4 Å². The Morgan fingerprint density at radius 1 is 1.47 bits per heavy atom. The third kappa shape index (κ3) is 3.00. The van der Waals surface area contributed by atoms with Crippen molar-refractivity contribution in [1.82, 2.24) is 0 Å². The number of aliphatic hydroxyl groups excluding tert-OH is 1. The molecule has 94 valence electrons. The van der Waals surface area contributed by atoms with Gasteiger partial charge in [-0.15, -0.1) is 0 Å².